The van der Waals surface area contributed by atoms with E-state index in [9.17, 15) is 4.39 Å². The Morgan fingerprint density at radius 2 is 2.35 bits per heavy atom. The fourth-order valence-electron chi connectivity index (χ4n) is 2.73. The lowest BCUT2D eigenvalue weighted by Crippen LogP contribution is -2.47. The molecule has 0 aliphatic carbocycles. The summed E-state index contributed by atoms with van der Waals surface area (Å²) < 4.78 is 18.9. The zero-order valence-electron chi connectivity index (χ0n) is 9.73. The Labute approximate surface area is 101 Å². The summed E-state index contributed by atoms with van der Waals surface area (Å²) in [6, 6.07) is 6.99. The molecular weight excluding hydrogens is 219 g/mol. The van der Waals surface area contributed by atoms with E-state index in [1.807, 2.05) is 6.07 Å². The van der Waals surface area contributed by atoms with E-state index in [1.165, 1.54) is 12.1 Å². The van der Waals surface area contributed by atoms with E-state index in [4.69, 9.17) is 4.74 Å². The van der Waals surface area contributed by atoms with Gasteiger partial charge in [-0.05, 0) is 12.1 Å². The van der Waals surface area contributed by atoms with E-state index in [0.29, 0.717) is 11.8 Å². The minimum Gasteiger partial charge on any atom is -0.489 e. The number of halogens is 1. The lowest BCUT2D eigenvalue weighted by molar-refractivity contribution is 0.186. The first kappa shape index (κ1) is 11.0. The molecule has 1 aromatic carbocycles. The zero-order chi connectivity index (χ0) is 11.7. The molecule has 2 aliphatic heterocycles. The summed E-state index contributed by atoms with van der Waals surface area (Å²) in [7, 11) is 0. The highest BCUT2D eigenvalue weighted by Crippen LogP contribution is 2.24. The molecule has 4 heteroatoms. The molecule has 2 saturated heterocycles. The Balaban J connectivity index is 1.63. The lowest BCUT2D eigenvalue weighted by atomic mass is 10.2. The predicted molar refractivity (Wildman–Crippen MR) is 63.7 cm³/mol. The average Bonchev–Trinajstić information content (AvgIpc) is 2.71. The van der Waals surface area contributed by atoms with Gasteiger partial charge < -0.3 is 10.1 Å². The normalized spacial score (nSPS) is 29.0. The second-order valence-electron chi connectivity index (χ2n) is 4.79. The molecule has 0 bridgehead atoms. The molecule has 0 radical (unpaired) electrons. The molecule has 1 N–H and O–H groups in total. The molecule has 2 aliphatic rings. The molecule has 0 amide bonds. The standard InChI is InChI=1S/C13H17FN2O/c14-10-2-1-3-12(6-10)17-13-7-11-8-15-4-5-16(11)9-13/h1-3,6,11,13,15H,4-5,7-9H2/t11-,13-/m0/s1. The van der Waals surface area contributed by atoms with Crippen molar-refractivity contribution < 1.29 is 9.13 Å². The van der Waals surface area contributed by atoms with Crippen LogP contribution in [-0.2, 0) is 0 Å². The predicted octanol–water partition coefficient (Wildman–Crippen LogP) is 1.25. The Morgan fingerprint density at radius 1 is 1.41 bits per heavy atom. The molecule has 3 rings (SSSR count). The zero-order valence-corrected chi connectivity index (χ0v) is 9.73. The fraction of sp³-hybridized carbons (Fsp3) is 0.538. The average molecular weight is 236 g/mol. The van der Waals surface area contributed by atoms with Crippen molar-refractivity contribution in [3.8, 4) is 5.75 Å². The van der Waals surface area contributed by atoms with Gasteiger partial charge in [0.05, 0.1) is 0 Å². The fourth-order valence-corrected chi connectivity index (χ4v) is 2.73. The van der Waals surface area contributed by atoms with Gasteiger partial charge in [0.2, 0.25) is 0 Å². The number of rotatable bonds is 2. The van der Waals surface area contributed by atoms with Crippen molar-refractivity contribution in [1.82, 2.24) is 10.2 Å². The van der Waals surface area contributed by atoms with Gasteiger partial charge in [-0.25, -0.2) is 4.39 Å². The van der Waals surface area contributed by atoms with Gasteiger partial charge in [0.25, 0.3) is 0 Å². The van der Waals surface area contributed by atoms with E-state index in [2.05, 4.69) is 10.2 Å². The van der Waals surface area contributed by atoms with Gasteiger partial charge in [0, 0.05) is 44.7 Å². The van der Waals surface area contributed by atoms with Crippen molar-refractivity contribution in [3.63, 3.8) is 0 Å². The first-order chi connectivity index (χ1) is 8.31. The van der Waals surface area contributed by atoms with Crippen LogP contribution in [0.4, 0.5) is 4.39 Å². The lowest BCUT2D eigenvalue weighted by Gasteiger charge is -2.29. The second-order valence-corrected chi connectivity index (χ2v) is 4.79. The molecule has 3 nitrogen and oxygen atoms in total. The van der Waals surface area contributed by atoms with Crippen molar-refractivity contribution in [3.05, 3.63) is 30.1 Å². The maximum absolute atomic E-state index is 13.0. The molecule has 2 fully saturated rings. The van der Waals surface area contributed by atoms with Crippen LogP contribution in [0.3, 0.4) is 0 Å². The van der Waals surface area contributed by atoms with E-state index < -0.39 is 0 Å². The third-order valence-electron chi connectivity index (χ3n) is 3.54. The number of ether oxygens (including phenoxy) is 1. The highest BCUT2D eigenvalue weighted by atomic mass is 19.1. The molecule has 2 atom stereocenters. The highest BCUT2D eigenvalue weighted by molar-refractivity contribution is 5.23. The number of benzene rings is 1. The summed E-state index contributed by atoms with van der Waals surface area (Å²) in [5.74, 6) is 0.405. The van der Waals surface area contributed by atoms with Crippen LogP contribution < -0.4 is 10.1 Å². The molecular formula is C13H17FN2O. The van der Waals surface area contributed by atoms with Gasteiger partial charge in [-0.1, -0.05) is 6.07 Å². The minimum atomic E-state index is -0.236. The van der Waals surface area contributed by atoms with Gasteiger partial charge in [-0.2, -0.15) is 0 Å². The Hall–Kier alpha value is -1.13. The Morgan fingerprint density at radius 3 is 3.18 bits per heavy atom. The van der Waals surface area contributed by atoms with Crippen LogP contribution in [0.15, 0.2) is 24.3 Å². The van der Waals surface area contributed by atoms with Crippen molar-refractivity contribution in [1.29, 1.82) is 0 Å². The molecule has 0 unspecified atom stereocenters. The van der Waals surface area contributed by atoms with E-state index in [1.54, 1.807) is 6.07 Å². The molecule has 0 spiro atoms. The number of piperazine rings is 1. The van der Waals surface area contributed by atoms with Gasteiger partial charge in [-0.3, -0.25) is 4.90 Å². The van der Waals surface area contributed by atoms with Crippen LogP contribution in [0.5, 0.6) is 5.75 Å². The van der Waals surface area contributed by atoms with Gasteiger partial charge in [-0.15, -0.1) is 0 Å². The summed E-state index contributed by atoms with van der Waals surface area (Å²) in [6.07, 6.45) is 1.23. The van der Waals surface area contributed by atoms with Crippen molar-refractivity contribution >= 4 is 0 Å². The van der Waals surface area contributed by atoms with Crippen LogP contribution in [0.2, 0.25) is 0 Å². The molecule has 1 aromatic rings. The van der Waals surface area contributed by atoms with Crippen molar-refractivity contribution in [2.75, 3.05) is 26.2 Å². The monoisotopic (exact) mass is 236 g/mol. The number of nitrogens with zero attached hydrogens (tertiary/aromatic N) is 1. The molecule has 92 valence electrons. The SMILES string of the molecule is Fc1cccc(O[C@H]2C[C@H]3CNCCN3C2)c1. The minimum absolute atomic E-state index is 0.196. The van der Waals surface area contributed by atoms with Crippen molar-refractivity contribution in [2.24, 2.45) is 0 Å². The summed E-state index contributed by atoms with van der Waals surface area (Å²) in [5, 5.41) is 3.39. The third kappa shape index (κ3) is 2.42. The molecule has 17 heavy (non-hydrogen) atoms. The van der Waals surface area contributed by atoms with Gasteiger partial charge in [0.1, 0.15) is 17.7 Å². The van der Waals surface area contributed by atoms with Crippen LogP contribution in [0.1, 0.15) is 6.42 Å². The number of hydrogen-bond acceptors (Lipinski definition) is 3. The summed E-state index contributed by atoms with van der Waals surface area (Å²) in [4.78, 5) is 2.46. The number of hydrogen-bond donors (Lipinski definition) is 1. The van der Waals surface area contributed by atoms with Crippen LogP contribution in [0, 0.1) is 5.82 Å². The number of fused-ring (bicyclic) bond motifs is 1. The largest absolute Gasteiger partial charge is 0.489 e. The van der Waals surface area contributed by atoms with E-state index >= 15 is 0 Å². The maximum Gasteiger partial charge on any atom is 0.126 e. The second kappa shape index (κ2) is 4.63. The van der Waals surface area contributed by atoms with Crippen LogP contribution >= 0.6 is 0 Å². The van der Waals surface area contributed by atoms with Crippen LogP contribution in [-0.4, -0.2) is 43.2 Å². The van der Waals surface area contributed by atoms with Crippen molar-refractivity contribution in [2.45, 2.75) is 18.6 Å². The van der Waals surface area contributed by atoms with Gasteiger partial charge >= 0.3 is 0 Å². The van der Waals surface area contributed by atoms with E-state index in [-0.39, 0.29) is 11.9 Å². The Kier molecular flexibility index (Phi) is 2.99. The summed E-state index contributed by atoms with van der Waals surface area (Å²) in [5.41, 5.74) is 0. The third-order valence-corrected chi connectivity index (χ3v) is 3.54. The summed E-state index contributed by atoms with van der Waals surface area (Å²) >= 11 is 0. The highest BCUT2D eigenvalue weighted by Gasteiger charge is 2.34. The van der Waals surface area contributed by atoms with Crippen LogP contribution in [0.25, 0.3) is 0 Å². The topological polar surface area (TPSA) is 24.5 Å². The summed E-state index contributed by atoms with van der Waals surface area (Å²) in [6.45, 7) is 4.16. The smallest absolute Gasteiger partial charge is 0.126 e. The molecule has 0 saturated carbocycles. The first-order valence-electron chi connectivity index (χ1n) is 6.18. The Bertz CT molecular complexity index is 385. The first-order valence-corrected chi connectivity index (χ1v) is 6.18. The van der Waals surface area contributed by atoms with E-state index in [0.717, 1.165) is 32.6 Å². The maximum atomic E-state index is 13.0. The molecule has 2 heterocycles. The number of nitrogens with one attached hydrogen (secondary N) is 1. The van der Waals surface area contributed by atoms with Gasteiger partial charge in [0.15, 0.2) is 0 Å². The molecule has 0 aromatic heterocycles. The quantitative estimate of drug-likeness (QED) is 0.836.